The van der Waals surface area contributed by atoms with E-state index in [9.17, 15) is 25.0 Å². The molecule has 156 valence electrons. The van der Waals surface area contributed by atoms with Crippen LogP contribution in [0.4, 0.5) is 11.4 Å². The van der Waals surface area contributed by atoms with Crippen molar-refractivity contribution in [3.63, 3.8) is 0 Å². The van der Waals surface area contributed by atoms with E-state index in [-0.39, 0.29) is 35.0 Å². The number of rotatable bonds is 8. The zero-order chi connectivity index (χ0) is 22.0. The molecular formula is C17H17N7O5S. The third-order valence-electron chi connectivity index (χ3n) is 4.45. The summed E-state index contributed by atoms with van der Waals surface area (Å²) in [7, 11) is 1.72. The van der Waals surface area contributed by atoms with Crippen molar-refractivity contribution in [1.82, 2.24) is 24.5 Å². The van der Waals surface area contributed by atoms with E-state index in [1.165, 1.54) is 28.9 Å². The lowest BCUT2D eigenvalue weighted by molar-refractivity contribution is -0.386. The van der Waals surface area contributed by atoms with Crippen molar-refractivity contribution >= 4 is 28.9 Å². The number of carbonyl (C=O) groups excluding carboxylic acids is 1. The molecule has 0 aliphatic carbocycles. The Morgan fingerprint density at radius 2 is 1.90 bits per heavy atom. The van der Waals surface area contributed by atoms with Crippen molar-refractivity contribution in [1.29, 1.82) is 0 Å². The fourth-order valence-corrected chi connectivity index (χ4v) is 3.68. The van der Waals surface area contributed by atoms with Crippen molar-refractivity contribution < 1.29 is 14.6 Å². The Balaban J connectivity index is 1.71. The summed E-state index contributed by atoms with van der Waals surface area (Å²) in [5.41, 5.74) is 0.793. The van der Waals surface area contributed by atoms with E-state index in [2.05, 4.69) is 15.3 Å². The summed E-state index contributed by atoms with van der Waals surface area (Å²) < 4.78 is 3.16. The molecule has 0 amide bonds. The molecule has 2 aromatic heterocycles. The first kappa shape index (κ1) is 21.1. The quantitative estimate of drug-likeness (QED) is 0.226. The average Bonchev–Trinajstić information content (AvgIpc) is 3.19. The van der Waals surface area contributed by atoms with Crippen LogP contribution in [0.25, 0.3) is 0 Å². The summed E-state index contributed by atoms with van der Waals surface area (Å²) in [5.74, 6) is 0.265. The van der Waals surface area contributed by atoms with Gasteiger partial charge in [-0.25, -0.2) is 0 Å². The van der Waals surface area contributed by atoms with Crippen molar-refractivity contribution in [2.24, 2.45) is 7.05 Å². The summed E-state index contributed by atoms with van der Waals surface area (Å²) >= 11 is 1.15. The van der Waals surface area contributed by atoms with Gasteiger partial charge in [0.05, 0.1) is 15.6 Å². The zero-order valence-electron chi connectivity index (χ0n) is 16.3. The van der Waals surface area contributed by atoms with Gasteiger partial charge in [-0.2, -0.15) is 5.10 Å². The molecule has 0 saturated carbocycles. The van der Waals surface area contributed by atoms with Gasteiger partial charge in [-0.3, -0.25) is 29.7 Å². The first-order chi connectivity index (χ1) is 14.2. The Hall–Kier alpha value is -3.61. The van der Waals surface area contributed by atoms with Gasteiger partial charge >= 0.3 is 5.69 Å². The molecule has 0 fully saturated rings. The van der Waals surface area contributed by atoms with Gasteiger partial charge in [0, 0.05) is 24.7 Å². The van der Waals surface area contributed by atoms with Crippen molar-refractivity contribution in [2.75, 3.05) is 5.75 Å². The maximum atomic E-state index is 12.4. The lowest BCUT2D eigenvalue weighted by Gasteiger charge is -2.05. The maximum Gasteiger partial charge on any atom is 0.312 e. The first-order valence-corrected chi connectivity index (χ1v) is 9.64. The molecule has 1 aromatic carbocycles. The number of aromatic nitrogens is 5. The minimum Gasteiger partial charge on any atom is -0.308 e. The molecule has 0 spiro atoms. The fourth-order valence-electron chi connectivity index (χ4n) is 2.85. The number of hydrogen-bond donors (Lipinski definition) is 0. The lowest BCUT2D eigenvalue weighted by atomic mass is 10.1. The number of thioether (sulfide) groups is 1. The standard InChI is InChI=1S/C17H17N7O5S/c1-10-16(24(28)29)11(2)22(20-10)8-15-18-19-17(21(15)3)30-9-14(25)12-5-4-6-13(7-12)23(26)27/h4-7H,8-9H2,1-3H3. The Kier molecular flexibility index (Phi) is 5.91. The Labute approximate surface area is 174 Å². The van der Waals surface area contributed by atoms with E-state index in [4.69, 9.17) is 0 Å². The number of hydrogen-bond acceptors (Lipinski definition) is 9. The third kappa shape index (κ3) is 4.20. The van der Waals surface area contributed by atoms with Crippen LogP contribution in [0.5, 0.6) is 0 Å². The Bertz CT molecular complexity index is 1150. The third-order valence-corrected chi connectivity index (χ3v) is 5.47. The highest BCUT2D eigenvalue weighted by Crippen LogP contribution is 2.23. The largest absolute Gasteiger partial charge is 0.312 e. The highest BCUT2D eigenvalue weighted by Gasteiger charge is 2.23. The summed E-state index contributed by atoms with van der Waals surface area (Å²) in [6.07, 6.45) is 0. The number of ketones is 1. The van der Waals surface area contributed by atoms with Crippen molar-refractivity contribution in [3.05, 3.63) is 67.3 Å². The van der Waals surface area contributed by atoms with Crippen LogP contribution >= 0.6 is 11.8 Å². The predicted molar refractivity (Wildman–Crippen MR) is 107 cm³/mol. The number of non-ortho nitro benzene ring substituents is 1. The molecule has 12 nitrogen and oxygen atoms in total. The van der Waals surface area contributed by atoms with Crippen LogP contribution < -0.4 is 0 Å². The van der Waals surface area contributed by atoms with Gasteiger partial charge in [0.2, 0.25) is 0 Å². The molecule has 0 saturated heterocycles. The van der Waals surface area contributed by atoms with Crippen LogP contribution in [0.3, 0.4) is 0 Å². The summed E-state index contributed by atoms with van der Waals surface area (Å²) in [5, 5.41) is 34.8. The molecule has 0 atom stereocenters. The summed E-state index contributed by atoms with van der Waals surface area (Å²) in [6, 6.07) is 5.54. The fraction of sp³-hybridized carbons (Fsp3) is 0.294. The second kappa shape index (κ2) is 8.41. The minimum absolute atomic E-state index is 0.0263. The van der Waals surface area contributed by atoms with Crippen molar-refractivity contribution in [3.8, 4) is 0 Å². The molecule has 0 aliphatic heterocycles. The molecule has 0 unspecified atom stereocenters. The summed E-state index contributed by atoms with van der Waals surface area (Å²) in [6.45, 7) is 3.37. The van der Waals surface area contributed by atoms with Crippen LogP contribution in [-0.2, 0) is 13.6 Å². The van der Waals surface area contributed by atoms with E-state index >= 15 is 0 Å². The van der Waals surface area contributed by atoms with Gasteiger partial charge in [0.15, 0.2) is 16.8 Å². The number of aryl methyl sites for hydroxylation is 1. The van der Waals surface area contributed by atoms with E-state index < -0.39 is 9.85 Å². The van der Waals surface area contributed by atoms with Gasteiger partial charge in [0.1, 0.15) is 17.9 Å². The van der Waals surface area contributed by atoms with Gasteiger partial charge in [0.25, 0.3) is 5.69 Å². The van der Waals surface area contributed by atoms with Crippen LogP contribution in [0.1, 0.15) is 27.6 Å². The van der Waals surface area contributed by atoms with E-state index in [0.717, 1.165) is 11.8 Å². The molecule has 0 N–H and O–H groups in total. The predicted octanol–water partition coefficient (Wildman–Crippen LogP) is 2.47. The van der Waals surface area contributed by atoms with Crippen molar-refractivity contribution in [2.45, 2.75) is 25.5 Å². The Morgan fingerprint density at radius 1 is 1.17 bits per heavy atom. The second-order valence-corrected chi connectivity index (χ2v) is 7.35. The monoisotopic (exact) mass is 431 g/mol. The van der Waals surface area contributed by atoms with Gasteiger partial charge in [-0.15, -0.1) is 10.2 Å². The maximum absolute atomic E-state index is 12.4. The van der Waals surface area contributed by atoms with Gasteiger partial charge in [-0.1, -0.05) is 23.9 Å². The van der Waals surface area contributed by atoms with Crippen LogP contribution in [0.2, 0.25) is 0 Å². The number of nitrogens with zero attached hydrogens (tertiary/aromatic N) is 7. The number of nitro benzene ring substituents is 1. The van der Waals surface area contributed by atoms with Crippen LogP contribution in [0, 0.1) is 34.1 Å². The van der Waals surface area contributed by atoms with Crippen LogP contribution in [0.15, 0.2) is 29.4 Å². The molecule has 0 radical (unpaired) electrons. The SMILES string of the molecule is Cc1nn(Cc2nnc(SCC(=O)c3cccc([N+](=O)[O-])c3)n2C)c(C)c1[N+](=O)[O-]. The zero-order valence-corrected chi connectivity index (χ0v) is 17.1. The Morgan fingerprint density at radius 3 is 2.53 bits per heavy atom. The van der Waals surface area contributed by atoms with E-state index in [1.807, 2.05) is 0 Å². The second-order valence-electron chi connectivity index (χ2n) is 6.41. The highest BCUT2D eigenvalue weighted by molar-refractivity contribution is 7.99. The van der Waals surface area contributed by atoms with Gasteiger partial charge in [-0.05, 0) is 13.8 Å². The number of Topliss-reactive ketones (excluding diaryl/α,β-unsaturated/α-hetero) is 1. The minimum atomic E-state index is -0.553. The number of benzene rings is 1. The smallest absolute Gasteiger partial charge is 0.308 e. The number of nitro groups is 2. The average molecular weight is 431 g/mol. The van der Waals surface area contributed by atoms with Crippen LogP contribution in [-0.4, -0.2) is 45.9 Å². The molecule has 30 heavy (non-hydrogen) atoms. The molecule has 2 heterocycles. The molecule has 3 aromatic rings. The van der Waals surface area contributed by atoms with Gasteiger partial charge < -0.3 is 4.57 Å². The molecule has 13 heteroatoms. The first-order valence-electron chi connectivity index (χ1n) is 8.66. The summed E-state index contributed by atoms with van der Waals surface area (Å²) in [4.78, 5) is 33.4. The topological polar surface area (TPSA) is 152 Å². The molecule has 3 rings (SSSR count). The molecular weight excluding hydrogens is 414 g/mol. The normalized spacial score (nSPS) is 10.9. The lowest BCUT2D eigenvalue weighted by Crippen LogP contribution is -2.10. The molecule has 0 aliphatic rings. The van der Waals surface area contributed by atoms with E-state index in [0.29, 0.717) is 22.4 Å². The van der Waals surface area contributed by atoms with E-state index in [1.54, 1.807) is 25.5 Å². The highest BCUT2D eigenvalue weighted by atomic mass is 32.2. The molecule has 0 bridgehead atoms. The number of carbonyl (C=O) groups is 1.